The van der Waals surface area contributed by atoms with E-state index in [0.717, 1.165) is 5.56 Å². The van der Waals surface area contributed by atoms with Crippen molar-refractivity contribution in [2.45, 2.75) is 45.4 Å². The monoisotopic (exact) mass is 280 g/mol. The van der Waals surface area contributed by atoms with Crippen molar-refractivity contribution in [2.75, 3.05) is 5.73 Å². The molecule has 112 valence electrons. The molecule has 1 aromatic rings. The summed E-state index contributed by atoms with van der Waals surface area (Å²) in [6, 6.07) is 7.24. The van der Waals surface area contributed by atoms with Gasteiger partial charge in [0.15, 0.2) is 0 Å². The van der Waals surface area contributed by atoms with Crippen LogP contribution in [0.2, 0.25) is 0 Å². The zero-order valence-corrected chi connectivity index (χ0v) is 12.0. The third kappa shape index (κ3) is 5.59. The largest absolute Gasteiger partial charge is 0.481 e. The Labute approximate surface area is 119 Å². The molecule has 0 saturated heterocycles. The lowest BCUT2D eigenvalue weighted by Crippen LogP contribution is -2.41. The van der Waals surface area contributed by atoms with E-state index in [9.17, 15) is 9.90 Å². The number of carbonyl (C=O) groups is 1. The lowest BCUT2D eigenvalue weighted by atomic mass is 9.97. The van der Waals surface area contributed by atoms with Crippen LogP contribution in [0.5, 0.6) is 0 Å². The minimum atomic E-state index is -0.993. The van der Waals surface area contributed by atoms with Gasteiger partial charge in [-0.1, -0.05) is 32.0 Å². The summed E-state index contributed by atoms with van der Waals surface area (Å²) in [7, 11) is 0. The average Bonchev–Trinajstić information content (AvgIpc) is 2.34. The molecule has 0 heterocycles. The van der Waals surface area contributed by atoms with E-state index in [1.54, 1.807) is 0 Å². The first-order valence-electron chi connectivity index (χ1n) is 6.86. The van der Waals surface area contributed by atoms with Gasteiger partial charge < -0.3 is 21.3 Å². The smallest absolute Gasteiger partial charge is 0.306 e. The predicted molar refractivity (Wildman–Crippen MR) is 79.2 cm³/mol. The highest BCUT2D eigenvalue weighted by atomic mass is 16.4. The number of aliphatic carboxylic acids is 1. The predicted octanol–water partition coefficient (Wildman–Crippen LogP) is 1.61. The maximum absolute atomic E-state index is 10.7. The number of nitrogen functional groups attached to an aromatic ring is 1. The molecule has 0 radical (unpaired) electrons. The SMILES string of the molecule is CC(C)CC(NCc1ccccc1N)C(O)CC(=O)O. The molecule has 2 atom stereocenters. The molecule has 5 nitrogen and oxygen atoms in total. The van der Waals surface area contributed by atoms with Crippen molar-refractivity contribution in [2.24, 2.45) is 5.92 Å². The molecule has 0 aromatic heterocycles. The summed E-state index contributed by atoms with van der Waals surface area (Å²) in [6.07, 6.45) is -0.449. The number of anilines is 1. The van der Waals surface area contributed by atoms with Gasteiger partial charge in [0.05, 0.1) is 12.5 Å². The van der Waals surface area contributed by atoms with E-state index in [1.165, 1.54) is 0 Å². The second-order valence-electron chi connectivity index (χ2n) is 5.48. The molecular weight excluding hydrogens is 256 g/mol. The minimum Gasteiger partial charge on any atom is -0.481 e. The molecule has 1 aromatic carbocycles. The van der Waals surface area contributed by atoms with Crippen LogP contribution < -0.4 is 11.1 Å². The Morgan fingerprint density at radius 3 is 2.55 bits per heavy atom. The molecule has 2 unspecified atom stereocenters. The summed E-state index contributed by atoms with van der Waals surface area (Å²) in [6.45, 7) is 4.60. The summed E-state index contributed by atoms with van der Waals surface area (Å²) < 4.78 is 0. The normalized spacial score (nSPS) is 14.2. The molecule has 0 aliphatic rings. The van der Waals surface area contributed by atoms with Gasteiger partial charge in [0, 0.05) is 18.3 Å². The molecule has 5 heteroatoms. The van der Waals surface area contributed by atoms with Gasteiger partial charge in [0.25, 0.3) is 0 Å². The molecule has 0 bridgehead atoms. The highest BCUT2D eigenvalue weighted by Crippen LogP contribution is 2.14. The van der Waals surface area contributed by atoms with E-state index in [1.807, 2.05) is 38.1 Å². The summed E-state index contributed by atoms with van der Waals surface area (Å²) in [5.74, 6) is -0.628. The number of nitrogens with two attached hydrogens (primary N) is 1. The first-order chi connectivity index (χ1) is 9.40. The van der Waals surface area contributed by atoms with Crippen LogP contribution in [-0.4, -0.2) is 28.3 Å². The van der Waals surface area contributed by atoms with E-state index in [-0.39, 0.29) is 12.5 Å². The zero-order chi connectivity index (χ0) is 15.1. The average molecular weight is 280 g/mol. The van der Waals surface area contributed by atoms with Crippen LogP contribution in [0.25, 0.3) is 0 Å². The van der Waals surface area contributed by atoms with Gasteiger partial charge in [0.1, 0.15) is 0 Å². The zero-order valence-electron chi connectivity index (χ0n) is 12.0. The Bertz CT molecular complexity index is 435. The van der Waals surface area contributed by atoms with Crippen LogP contribution in [0, 0.1) is 5.92 Å². The summed E-state index contributed by atoms with van der Waals surface area (Å²) in [5.41, 5.74) is 7.51. The quantitative estimate of drug-likeness (QED) is 0.543. The highest BCUT2D eigenvalue weighted by molar-refractivity contribution is 5.67. The van der Waals surface area contributed by atoms with Crippen molar-refractivity contribution in [3.63, 3.8) is 0 Å². The van der Waals surface area contributed by atoms with Gasteiger partial charge >= 0.3 is 5.97 Å². The number of para-hydroxylation sites is 1. The third-order valence-electron chi connectivity index (χ3n) is 3.18. The topological polar surface area (TPSA) is 95.6 Å². The van der Waals surface area contributed by atoms with Gasteiger partial charge in [-0.15, -0.1) is 0 Å². The maximum atomic E-state index is 10.7. The second kappa shape index (κ2) is 7.87. The van der Waals surface area contributed by atoms with Crippen LogP contribution >= 0.6 is 0 Å². The van der Waals surface area contributed by atoms with Gasteiger partial charge in [-0.05, 0) is 24.0 Å². The van der Waals surface area contributed by atoms with Gasteiger partial charge in [-0.3, -0.25) is 4.79 Å². The maximum Gasteiger partial charge on any atom is 0.306 e. The number of rotatable bonds is 8. The number of hydrogen-bond acceptors (Lipinski definition) is 4. The highest BCUT2D eigenvalue weighted by Gasteiger charge is 2.22. The van der Waals surface area contributed by atoms with Crippen LogP contribution in [0.15, 0.2) is 24.3 Å². The number of nitrogens with one attached hydrogen (secondary N) is 1. The Balaban J connectivity index is 2.65. The number of carboxylic acid groups (broad SMARTS) is 1. The fourth-order valence-corrected chi connectivity index (χ4v) is 2.14. The fourth-order valence-electron chi connectivity index (χ4n) is 2.14. The van der Waals surface area contributed by atoms with Gasteiger partial charge in [-0.25, -0.2) is 0 Å². The molecule has 20 heavy (non-hydrogen) atoms. The molecule has 1 rings (SSSR count). The van der Waals surface area contributed by atoms with Crippen molar-refractivity contribution in [3.05, 3.63) is 29.8 Å². The third-order valence-corrected chi connectivity index (χ3v) is 3.18. The molecule has 0 fully saturated rings. The summed E-state index contributed by atoms with van der Waals surface area (Å²) in [4.78, 5) is 10.7. The van der Waals surface area contributed by atoms with Gasteiger partial charge in [0.2, 0.25) is 0 Å². The van der Waals surface area contributed by atoms with E-state index < -0.39 is 12.1 Å². The lowest BCUT2D eigenvalue weighted by Gasteiger charge is -2.25. The fraction of sp³-hybridized carbons (Fsp3) is 0.533. The van der Waals surface area contributed by atoms with E-state index >= 15 is 0 Å². The van der Waals surface area contributed by atoms with E-state index in [0.29, 0.717) is 24.6 Å². The Morgan fingerprint density at radius 2 is 2.00 bits per heavy atom. The molecule has 0 amide bonds. The van der Waals surface area contributed by atoms with Crippen molar-refractivity contribution < 1.29 is 15.0 Å². The Kier molecular flexibility index (Phi) is 6.48. The Morgan fingerprint density at radius 1 is 1.35 bits per heavy atom. The van der Waals surface area contributed by atoms with Crippen LogP contribution in [-0.2, 0) is 11.3 Å². The summed E-state index contributed by atoms with van der Waals surface area (Å²) in [5, 5.41) is 22.0. The number of aliphatic hydroxyl groups excluding tert-OH is 1. The second-order valence-corrected chi connectivity index (χ2v) is 5.48. The van der Waals surface area contributed by atoms with Crippen molar-refractivity contribution >= 4 is 11.7 Å². The van der Waals surface area contributed by atoms with Gasteiger partial charge in [-0.2, -0.15) is 0 Å². The van der Waals surface area contributed by atoms with Crippen LogP contribution in [0.3, 0.4) is 0 Å². The minimum absolute atomic E-state index is 0.255. The molecule has 0 spiro atoms. The number of carboxylic acids is 1. The first-order valence-corrected chi connectivity index (χ1v) is 6.86. The standard InChI is InChI=1S/C15H24N2O3/c1-10(2)7-13(14(18)8-15(19)20)17-9-11-5-3-4-6-12(11)16/h3-6,10,13-14,17-18H,7-9,16H2,1-2H3,(H,19,20). The molecule has 0 aliphatic heterocycles. The Hall–Kier alpha value is -1.59. The molecule has 0 aliphatic carbocycles. The number of aliphatic hydroxyl groups is 1. The van der Waals surface area contributed by atoms with E-state index in [4.69, 9.17) is 10.8 Å². The van der Waals surface area contributed by atoms with Crippen molar-refractivity contribution in [3.8, 4) is 0 Å². The van der Waals surface area contributed by atoms with Crippen LogP contribution in [0.1, 0.15) is 32.3 Å². The summed E-state index contributed by atoms with van der Waals surface area (Å²) >= 11 is 0. The number of benzene rings is 1. The lowest BCUT2D eigenvalue weighted by molar-refractivity contribution is -0.139. The number of hydrogen-bond donors (Lipinski definition) is 4. The molecular formula is C15H24N2O3. The van der Waals surface area contributed by atoms with Crippen molar-refractivity contribution in [1.82, 2.24) is 5.32 Å². The molecule has 0 saturated carbocycles. The van der Waals surface area contributed by atoms with Crippen LogP contribution in [0.4, 0.5) is 5.69 Å². The van der Waals surface area contributed by atoms with Crippen molar-refractivity contribution in [1.29, 1.82) is 0 Å². The van der Waals surface area contributed by atoms with E-state index in [2.05, 4.69) is 5.32 Å². The molecule has 5 N–H and O–H groups in total. The first kappa shape index (κ1) is 16.5.